The van der Waals surface area contributed by atoms with Crippen molar-refractivity contribution >= 4 is 21.6 Å². The second-order valence-corrected chi connectivity index (χ2v) is 5.23. The molecule has 2 rings (SSSR count). The van der Waals surface area contributed by atoms with Gasteiger partial charge in [0.25, 0.3) is 0 Å². The van der Waals surface area contributed by atoms with Crippen molar-refractivity contribution in [2.24, 2.45) is 0 Å². The van der Waals surface area contributed by atoms with Gasteiger partial charge in [-0.2, -0.15) is 0 Å². The maximum absolute atomic E-state index is 11.0. The predicted molar refractivity (Wildman–Crippen MR) is 82.6 cm³/mol. The van der Waals surface area contributed by atoms with E-state index in [0.717, 1.165) is 5.69 Å². The van der Waals surface area contributed by atoms with Crippen molar-refractivity contribution in [2.75, 3.05) is 7.05 Å². The average molecular weight is 352 g/mol. The lowest BCUT2D eigenvalue weighted by Crippen LogP contribution is -2.13. The summed E-state index contributed by atoms with van der Waals surface area (Å²) < 4.78 is 6.12. The molecule has 1 N–H and O–H groups in total. The van der Waals surface area contributed by atoms with Gasteiger partial charge in [-0.1, -0.05) is 6.07 Å². The first-order valence-corrected chi connectivity index (χ1v) is 7.06. The zero-order valence-electron chi connectivity index (χ0n) is 11.5. The zero-order valence-corrected chi connectivity index (χ0v) is 13.1. The minimum atomic E-state index is -0.481. The molecule has 21 heavy (non-hydrogen) atoms. The first-order chi connectivity index (χ1) is 10.0. The van der Waals surface area contributed by atoms with E-state index in [9.17, 15) is 10.1 Å². The molecule has 110 valence electrons. The van der Waals surface area contributed by atoms with E-state index in [-0.39, 0.29) is 17.5 Å². The molecule has 0 aliphatic rings. The summed E-state index contributed by atoms with van der Waals surface area (Å²) in [6.07, 6.45) is 1.55. The number of pyridine rings is 1. The van der Waals surface area contributed by atoms with Crippen LogP contribution in [-0.4, -0.2) is 17.0 Å². The Bertz CT molecular complexity index is 646. The number of hydrogen-bond donors (Lipinski definition) is 1. The van der Waals surface area contributed by atoms with Gasteiger partial charge in [0.05, 0.1) is 21.3 Å². The van der Waals surface area contributed by atoms with Crippen LogP contribution in [0.4, 0.5) is 5.69 Å². The second kappa shape index (κ2) is 6.64. The Morgan fingerprint density at radius 2 is 2.14 bits per heavy atom. The summed E-state index contributed by atoms with van der Waals surface area (Å²) in [5, 5.41) is 14.1. The molecule has 1 aromatic heterocycles. The van der Waals surface area contributed by atoms with Crippen LogP contribution in [0.15, 0.2) is 41.0 Å². The normalized spacial score (nSPS) is 12.0. The Kier molecular flexibility index (Phi) is 4.87. The van der Waals surface area contributed by atoms with Crippen LogP contribution in [0.5, 0.6) is 11.5 Å². The van der Waals surface area contributed by atoms with Gasteiger partial charge >= 0.3 is 5.69 Å². The van der Waals surface area contributed by atoms with Gasteiger partial charge in [-0.3, -0.25) is 15.1 Å². The Balaban J connectivity index is 2.28. The number of ether oxygens (including phenoxy) is 1. The minimum absolute atomic E-state index is 0.1000. The molecule has 1 unspecified atom stereocenters. The standard InChI is InChI=1S/C14H14BrN3O3/c1-9(16-2)12-7-6-10(8-17-12)21-14-11(15)4-3-5-13(14)18(19)20/h3-9,16H,1-2H3. The number of para-hydroxylation sites is 1. The lowest BCUT2D eigenvalue weighted by Gasteiger charge is -2.11. The average Bonchev–Trinajstić information content (AvgIpc) is 2.49. The molecule has 0 spiro atoms. The van der Waals surface area contributed by atoms with Crippen LogP contribution >= 0.6 is 15.9 Å². The number of nitro groups is 1. The lowest BCUT2D eigenvalue weighted by molar-refractivity contribution is -0.385. The third kappa shape index (κ3) is 3.56. The van der Waals surface area contributed by atoms with Gasteiger partial charge in [-0.15, -0.1) is 0 Å². The molecule has 0 radical (unpaired) electrons. The first kappa shape index (κ1) is 15.4. The molecule has 0 saturated carbocycles. The number of nitrogens with one attached hydrogen (secondary N) is 1. The Morgan fingerprint density at radius 3 is 2.71 bits per heavy atom. The zero-order chi connectivity index (χ0) is 15.4. The molecule has 6 nitrogen and oxygen atoms in total. The monoisotopic (exact) mass is 351 g/mol. The first-order valence-electron chi connectivity index (χ1n) is 6.27. The van der Waals surface area contributed by atoms with Gasteiger partial charge in [0.15, 0.2) is 0 Å². The molecule has 0 amide bonds. The van der Waals surface area contributed by atoms with Crippen molar-refractivity contribution in [1.29, 1.82) is 0 Å². The van der Waals surface area contributed by atoms with Crippen LogP contribution in [-0.2, 0) is 0 Å². The smallest absolute Gasteiger partial charge is 0.312 e. The third-order valence-electron chi connectivity index (χ3n) is 3.00. The summed E-state index contributed by atoms with van der Waals surface area (Å²) in [5.74, 6) is 0.607. The predicted octanol–water partition coefficient (Wildman–Crippen LogP) is 3.83. The van der Waals surface area contributed by atoms with Crippen LogP contribution in [0, 0.1) is 10.1 Å². The molecule has 1 heterocycles. The number of nitro benzene ring substituents is 1. The van der Waals surface area contributed by atoms with E-state index >= 15 is 0 Å². The molecule has 0 aliphatic heterocycles. The highest BCUT2D eigenvalue weighted by atomic mass is 79.9. The molecule has 1 atom stereocenters. The van der Waals surface area contributed by atoms with E-state index in [2.05, 4.69) is 26.2 Å². The highest BCUT2D eigenvalue weighted by Crippen LogP contribution is 2.37. The Hall–Kier alpha value is -1.99. The molecule has 0 bridgehead atoms. The molecule has 7 heteroatoms. The van der Waals surface area contributed by atoms with Gasteiger partial charge in [0, 0.05) is 12.1 Å². The fourth-order valence-electron chi connectivity index (χ4n) is 1.72. The summed E-state index contributed by atoms with van der Waals surface area (Å²) in [6, 6.07) is 8.35. The Labute approximate surface area is 130 Å². The van der Waals surface area contributed by atoms with Gasteiger partial charge in [0.2, 0.25) is 5.75 Å². The highest BCUT2D eigenvalue weighted by Gasteiger charge is 2.18. The van der Waals surface area contributed by atoms with Gasteiger partial charge in [0.1, 0.15) is 5.75 Å². The molecule has 0 saturated heterocycles. The van der Waals surface area contributed by atoms with Gasteiger partial charge in [-0.25, -0.2) is 0 Å². The molecule has 2 aromatic rings. The fraction of sp³-hybridized carbons (Fsp3) is 0.214. The SMILES string of the molecule is CNC(C)c1ccc(Oc2c(Br)cccc2[N+](=O)[O-])cn1. The third-order valence-corrected chi connectivity index (χ3v) is 3.62. The number of aromatic nitrogens is 1. The maximum atomic E-state index is 11.0. The number of benzene rings is 1. The molecular formula is C14H14BrN3O3. The van der Waals surface area contributed by atoms with Crippen LogP contribution < -0.4 is 10.1 Å². The summed E-state index contributed by atoms with van der Waals surface area (Å²) in [5.41, 5.74) is 0.767. The molecular weight excluding hydrogens is 338 g/mol. The van der Waals surface area contributed by atoms with Crippen molar-refractivity contribution in [2.45, 2.75) is 13.0 Å². The number of nitrogens with zero attached hydrogens (tertiary/aromatic N) is 2. The van der Waals surface area contributed by atoms with Crippen molar-refractivity contribution in [1.82, 2.24) is 10.3 Å². The van der Waals surface area contributed by atoms with Crippen LogP contribution in [0.3, 0.4) is 0 Å². The Morgan fingerprint density at radius 1 is 1.38 bits per heavy atom. The van der Waals surface area contributed by atoms with Crippen molar-refractivity contribution in [3.05, 3.63) is 56.8 Å². The van der Waals surface area contributed by atoms with E-state index in [0.29, 0.717) is 10.2 Å². The second-order valence-electron chi connectivity index (χ2n) is 4.38. The van der Waals surface area contributed by atoms with Crippen molar-refractivity contribution in [3.63, 3.8) is 0 Å². The quantitative estimate of drug-likeness (QED) is 0.654. The fourth-order valence-corrected chi connectivity index (χ4v) is 2.15. The van der Waals surface area contributed by atoms with Crippen molar-refractivity contribution in [3.8, 4) is 11.5 Å². The van der Waals surface area contributed by atoms with Gasteiger partial charge < -0.3 is 10.1 Å². The largest absolute Gasteiger partial charge is 0.447 e. The topological polar surface area (TPSA) is 77.3 Å². The summed E-state index contributed by atoms with van der Waals surface area (Å²) in [6.45, 7) is 1.99. The lowest BCUT2D eigenvalue weighted by atomic mass is 10.2. The van der Waals surface area contributed by atoms with Crippen LogP contribution in [0.1, 0.15) is 18.7 Å². The van der Waals surface area contributed by atoms with E-state index in [4.69, 9.17) is 4.74 Å². The summed E-state index contributed by atoms with van der Waals surface area (Å²) in [4.78, 5) is 14.8. The minimum Gasteiger partial charge on any atom is -0.447 e. The highest BCUT2D eigenvalue weighted by molar-refractivity contribution is 9.10. The molecule has 0 aliphatic carbocycles. The molecule has 1 aromatic carbocycles. The summed E-state index contributed by atoms with van der Waals surface area (Å²) in [7, 11) is 1.85. The molecule has 0 fully saturated rings. The van der Waals surface area contributed by atoms with E-state index in [1.807, 2.05) is 20.0 Å². The number of halogens is 1. The van der Waals surface area contributed by atoms with Gasteiger partial charge in [-0.05, 0) is 48.1 Å². The van der Waals surface area contributed by atoms with Crippen LogP contribution in [0.25, 0.3) is 0 Å². The van der Waals surface area contributed by atoms with Crippen LogP contribution in [0.2, 0.25) is 0 Å². The van der Waals surface area contributed by atoms with Crippen molar-refractivity contribution < 1.29 is 9.66 Å². The van der Waals surface area contributed by atoms with E-state index < -0.39 is 4.92 Å². The van der Waals surface area contributed by atoms with E-state index in [1.54, 1.807) is 24.4 Å². The summed E-state index contributed by atoms with van der Waals surface area (Å²) >= 11 is 3.26. The maximum Gasteiger partial charge on any atom is 0.312 e. The number of hydrogen-bond acceptors (Lipinski definition) is 5. The van der Waals surface area contributed by atoms with E-state index in [1.165, 1.54) is 6.07 Å². The number of rotatable bonds is 5.